The molecule has 0 spiro atoms. The van der Waals surface area contributed by atoms with Gasteiger partial charge in [-0.15, -0.1) is 0 Å². The van der Waals surface area contributed by atoms with Crippen LogP contribution in [-0.4, -0.2) is 28.2 Å². The maximum atomic E-state index is 12.6. The Bertz CT molecular complexity index is 683. The van der Waals surface area contributed by atoms with Crippen molar-refractivity contribution in [1.29, 1.82) is 0 Å². The van der Waals surface area contributed by atoms with E-state index in [2.05, 4.69) is 26.8 Å². The van der Waals surface area contributed by atoms with E-state index in [0.29, 0.717) is 17.8 Å². The fraction of sp³-hybridized carbons (Fsp3) is 0.864. The third-order valence-corrected chi connectivity index (χ3v) is 9.46. The lowest BCUT2D eigenvalue weighted by atomic mass is 9.47. The molecular formula is C22H32O3. The minimum atomic E-state index is -0.511. The molecule has 0 radical (unpaired) electrons. The average molecular weight is 344 g/mol. The van der Waals surface area contributed by atoms with E-state index >= 15 is 0 Å². The molecule has 4 fully saturated rings. The van der Waals surface area contributed by atoms with Crippen molar-refractivity contribution in [2.45, 2.75) is 89.9 Å². The number of fused-ring (bicyclic) bond motifs is 7. The fourth-order valence-electron chi connectivity index (χ4n) is 8.26. The number of ketones is 1. The quantitative estimate of drug-likeness (QED) is 0.577. The summed E-state index contributed by atoms with van der Waals surface area (Å²) >= 11 is 0. The smallest absolute Gasteiger partial charge is 0.165 e. The number of aliphatic hydroxyl groups excluding tert-OH is 1. The minimum Gasteiger partial charge on any atom is -0.393 e. The number of carbonyl (C=O) groups excluding carboxylic acids is 1. The summed E-state index contributed by atoms with van der Waals surface area (Å²) in [5, 5.41) is 10.1. The van der Waals surface area contributed by atoms with Crippen molar-refractivity contribution in [2.75, 3.05) is 0 Å². The van der Waals surface area contributed by atoms with Crippen LogP contribution in [0, 0.1) is 28.6 Å². The minimum absolute atomic E-state index is 0.00460. The molecule has 138 valence electrons. The van der Waals surface area contributed by atoms with Crippen molar-refractivity contribution >= 4 is 5.78 Å². The first-order valence-electron chi connectivity index (χ1n) is 10.3. The van der Waals surface area contributed by atoms with Gasteiger partial charge in [-0.3, -0.25) is 4.79 Å². The van der Waals surface area contributed by atoms with Crippen LogP contribution < -0.4 is 0 Å². The van der Waals surface area contributed by atoms with E-state index in [1.54, 1.807) is 6.92 Å². The molecule has 25 heavy (non-hydrogen) atoms. The van der Waals surface area contributed by atoms with Crippen molar-refractivity contribution in [3.63, 3.8) is 0 Å². The van der Waals surface area contributed by atoms with Gasteiger partial charge in [0.15, 0.2) is 11.4 Å². The van der Waals surface area contributed by atoms with Gasteiger partial charge in [0.05, 0.1) is 6.10 Å². The summed E-state index contributed by atoms with van der Waals surface area (Å²) in [6.07, 6.45) is 9.75. The van der Waals surface area contributed by atoms with Crippen LogP contribution in [0.25, 0.3) is 0 Å². The Morgan fingerprint density at radius 3 is 2.68 bits per heavy atom. The summed E-state index contributed by atoms with van der Waals surface area (Å²) in [5.74, 6) is 2.23. The monoisotopic (exact) mass is 344 g/mol. The molecule has 1 N–H and O–H groups in total. The number of rotatable bonds is 1. The number of ether oxygens (including phenoxy) is 1. The Kier molecular flexibility index (Phi) is 3.03. The normalized spacial score (nSPS) is 59.2. The van der Waals surface area contributed by atoms with Gasteiger partial charge < -0.3 is 9.84 Å². The van der Waals surface area contributed by atoms with Gasteiger partial charge in [-0.05, 0) is 82.0 Å². The molecule has 4 aliphatic carbocycles. The molecule has 1 heterocycles. The maximum Gasteiger partial charge on any atom is 0.165 e. The Hall–Kier alpha value is -0.670. The van der Waals surface area contributed by atoms with Crippen LogP contribution in [0.2, 0.25) is 0 Å². The van der Waals surface area contributed by atoms with Gasteiger partial charge in [0.25, 0.3) is 0 Å². The maximum absolute atomic E-state index is 12.6. The summed E-state index contributed by atoms with van der Waals surface area (Å²) < 4.78 is 6.19. The van der Waals surface area contributed by atoms with Crippen molar-refractivity contribution in [3.8, 4) is 0 Å². The summed E-state index contributed by atoms with van der Waals surface area (Å²) in [5.41, 5.74) is 1.05. The molecule has 3 nitrogen and oxygen atoms in total. The lowest BCUT2D eigenvalue weighted by Gasteiger charge is -2.58. The molecule has 1 aliphatic heterocycles. The van der Waals surface area contributed by atoms with Crippen LogP contribution in [0.15, 0.2) is 11.6 Å². The Labute approximate surface area is 151 Å². The van der Waals surface area contributed by atoms with Crippen molar-refractivity contribution < 1.29 is 14.6 Å². The lowest BCUT2D eigenvalue weighted by molar-refractivity contribution is -0.135. The molecular weight excluding hydrogens is 312 g/mol. The summed E-state index contributed by atoms with van der Waals surface area (Å²) in [7, 11) is 0. The van der Waals surface area contributed by atoms with E-state index in [1.165, 1.54) is 12.0 Å². The van der Waals surface area contributed by atoms with E-state index in [-0.39, 0.29) is 28.3 Å². The van der Waals surface area contributed by atoms with Crippen molar-refractivity contribution in [1.82, 2.24) is 0 Å². The third-order valence-electron chi connectivity index (χ3n) is 9.46. The first-order valence-corrected chi connectivity index (χ1v) is 10.3. The van der Waals surface area contributed by atoms with Gasteiger partial charge >= 0.3 is 0 Å². The van der Waals surface area contributed by atoms with E-state index in [1.807, 2.05) is 0 Å². The highest BCUT2D eigenvalue weighted by Gasteiger charge is 2.85. The molecule has 0 aromatic heterocycles. The number of epoxide rings is 1. The molecule has 8 atom stereocenters. The molecule has 0 aromatic carbocycles. The largest absolute Gasteiger partial charge is 0.393 e. The molecule has 3 heteroatoms. The molecule has 0 amide bonds. The van der Waals surface area contributed by atoms with Crippen LogP contribution in [0.3, 0.4) is 0 Å². The molecule has 4 unspecified atom stereocenters. The standard InChI is InChI=1S/C22H32O3/c1-13(23)22-20(3)10-8-17-16(18(20)12-21(22,4)25-22)6-5-14-11-15(24)7-9-19(14,17)2/h5,15-18,24H,6-12H2,1-4H3/t15?,16?,17?,18?,19-,20-,21+,22-/m0/s1. The van der Waals surface area contributed by atoms with Crippen LogP contribution >= 0.6 is 0 Å². The van der Waals surface area contributed by atoms with Gasteiger partial charge in [-0.2, -0.15) is 0 Å². The number of hydrogen-bond donors (Lipinski definition) is 1. The lowest BCUT2D eigenvalue weighted by Crippen LogP contribution is -2.54. The number of Topliss-reactive ketones (excluding diaryl/α,β-unsaturated/α-hetero) is 1. The highest BCUT2D eigenvalue weighted by molar-refractivity contribution is 5.91. The Morgan fingerprint density at radius 2 is 1.96 bits per heavy atom. The summed E-state index contributed by atoms with van der Waals surface area (Å²) in [6, 6.07) is 0. The number of hydrogen-bond acceptors (Lipinski definition) is 3. The van der Waals surface area contributed by atoms with E-state index in [4.69, 9.17) is 4.74 Å². The SMILES string of the molecule is CC(=O)[C@@]12O[C@]1(C)CC1C3CC=C4CC(O)CC[C@]4(C)C3CC[C@@]12C. The Balaban J connectivity index is 1.53. The van der Waals surface area contributed by atoms with Gasteiger partial charge in [-0.25, -0.2) is 0 Å². The van der Waals surface area contributed by atoms with Crippen molar-refractivity contribution in [2.24, 2.45) is 28.6 Å². The van der Waals surface area contributed by atoms with Gasteiger partial charge in [0.2, 0.25) is 0 Å². The molecule has 0 aromatic rings. The van der Waals surface area contributed by atoms with Gasteiger partial charge in [-0.1, -0.05) is 25.5 Å². The van der Waals surface area contributed by atoms with Crippen LogP contribution in [0.5, 0.6) is 0 Å². The number of aliphatic hydroxyl groups is 1. The highest BCUT2D eigenvalue weighted by Crippen LogP contribution is 2.77. The second kappa shape index (κ2) is 4.59. The molecule has 5 rings (SSSR count). The van der Waals surface area contributed by atoms with Gasteiger partial charge in [0, 0.05) is 5.41 Å². The Morgan fingerprint density at radius 1 is 1.20 bits per heavy atom. The zero-order chi connectivity index (χ0) is 17.8. The first kappa shape index (κ1) is 16.5. The van der Waals surface area contributed by atoms with Crippen LogP contribution in [0.4, 0.5) is 0 Å². The zero-order valence-electron chi connectivity index (χ0n) is 16.1. The first-order chi connectivity index (χ1) is 11.7. The summed E-state index contributed by atoms with van der Waals surface area (Å²) in [4.78, 5) is 12.6. The molecule has 0 bridgehead atoms. The van der Waals surface area contributed by atoms with E-state index in [0.717, 1.165) is 38.5 Å². The summed E-state index contributed by atoms with van der Waals surface area (Å²) in [6.45, 7) is 8.72. The second-order valence-corrected chi connectivity index (χ2v) is 10.4. The zero-order valence-corrected chi connectivity index (χ0v) is 16.1. The molecule has 1 saturated heterocycles. The second-order valence-electron chi connectivity index (χ2n) is 10.4. The predicted molar refractivity (Wildman–Crippen MR) is 96.0 cm³/mol. The van der Waals surface area contributed by atoms with Crippen molar-refractivity contribution in [3.05, 3.63) is 11.6 Å². The van der Waals surface area contributed by atoms with Gasteiger partial charge in [0.1, 0.15) is 5.60 Å². The van der Waals surface area contributed by atoms with E-state index < -0.39 is 5.60 Å². The third kappa shape index (κ3) is 1.69. The highest BCUT2D eigenvalue weighted by atomic mass is 16.6. The topological polar surface area (TPSA) is 49.8 Å². The van der Waals surface area contributed by atoms with Crippen LogP contribution in [0.1, 0.15) is 72.6 Å². The predicted octanol–water partition coefficient (Wildman–Crippen LogP) is 4.04. The number of carbonyl (C=O) groups is 1. The average Bonchev–Trinajstić information content (AvgIpc) is 3.13. The van der Waals surface area contributed by atoms with Crippen LogP contribution in [-0.2, 0) is 9.53 Å². The molecule has 5 aliphatic rings. The fourth-order valence-corrected chi connectivity index (χ4v) is 8.26. The molecule has 3 saturated carbocycles. The number of allylic oxidation sites excluding steroid dienone is 1. The van der Waals surface area contributed by atoms with E-state index in [9.17, 15) is 9.90 Å².